The van der Waals surface area contributed by atoms with Crippen LogP contribution in [0.5, 0.6) is 0 Å². The SMILES string of the molecule is CCC(NC(=O)N(O)C1CC(c2ccc(F)cc2)C1)C(=O)O. The fourth-order valence-electron chi connectivity index (χ4n) is 2.51. The number of nitrogens with one attached hydrogen (secondary N) is 1. The van der Waals surface area contributed by atoms with Crippen molar-refractivity contribution in [2.75, 3.05) is 0 Å². The first-order chi connectivity index (χ1) is 10.4. The van der Waals surface area contributed by atoms with E-state index in [-0.39, 0.29) is 24.2 Å². The van der Waals surface area contributed by atoms with Gasteiger partial charge >= 0.3 is 12.0 Å². The number of amides is 2. The summed E-state index contributed by atoms with van der Waals surface area (Å²) in [5.74, 6) is -1.28. The Labute approximate surface area is 127 Å². The highest BCUT2D eigenvalue weighted by molar-refractivity contribution is 5.82. The number of rotatable bonds is 5. The van der Waals surface area contributed by atoms with Crippen LogP contribution in [0.25, 0.3) is 0 Å². The molecule has 6 nitrogen and oxygen atoms in total. The van der Waals surface area contributed by atoms with Gasteiger partial charge in [-0.3, -0.25) is 5.21 Å². The number of carbonyl (C=O) groups excluding carboxylic acids is 1. The summed E-state index contributed by atoms with van der Waals surface area (Å²) >= 11 is 0. The van der Waals surface area contributed by atoms with E-state index in [1.54, 1.807) is 19.1 Å². The molecule has 1 atom stereocenters. The Morgan fingerprint density at radius 3 is 2.45 bits per heavy atom. The number of hydrogen-bond acceptors (Lipinski definition) is 3. The smallest absolute Gasteiger partial charge is 0.342 e. The van der Waals surface area contributed by atoms with E-state index >= 15 is 0 Å². The van der Waals surface area contributed by atoms with E-state index < -0.39 is 18.0 Å². The Morgan fingerprint density at radius 2 is 1.95 bits per heavy atom. The standard InChI is InChI=1S/C15H19FN2O4/c1-2-13(14(19)20)17-15(21)18(22)12-7-10(8-12)9-3-5-11(16)6-4-9/h3-6,10,12-13,22H,2,7-8H2,1H3,(H,17,21)(H,19,20). The highest BCUT2D eigenvalue weighted by Gasteiger charge is 2.37. The Balaban J connectivity index is 1.85. The van der Waals surface area contributed by atoms with E-state index in [4.69, 9.17) is 5.11 Å². The molecule has 2 amide bonds. The predicted molar refractivity (Wildman–Crippen MR) is 76.0 cm³/mol. The van der Waals surface area contributed by atoms with Gasteiger partial charge in [-0.15, -0.1) is 0 Å². The highest BCUT2D eigenvalue weighted by atomic mass is 19.1. The molecule has 1 aromatic carbocycles. The molecule has 0 bridgehead atoms. The average molecular weight is 310 g/mol. The molecule has 0 heterocycles. The number of aliphatic carboxylic acids is 1. The van der Waals surface area contributed by atoms with Crippen LogP contribution in [0.15, 0.2) is 24.3 Å². The number of carbonyl (C=O) groups is 2. The van der Waals surface area contributed by atoms with E-state index in [9.17, 15) is 19.2 Å². The number of carboxylic acid groups (broad SMARTS) is 1. The van der Waals surface area contributed by atoms with Crippen molar-refractivity contribution < 1.29 is 24.3 Å². The van der Waals surface area contributed by atoms with Crippen LogP contribution in [0.2, 0.25) is 0 Å². The summed E-state index contributed by atoms with van der Waals surface area (Å²) in [6, 6.07) is 3.95. The second-order valence-electron chi connectivity index (χ2n) is 5.47. The van der Waals surface area contributed by atoms with Gasteiger partial charge in [-0.25, -0.2) is 19.0 Å². The first-order valence-corrected chi connectivity index (χ1v) is 7.19. The minimum absolute atomic E-state index is 0.162. The number of urea groups is 1. The zero-order chi connectivity index (χ0) is 16.3. The summed E-state index contributed by atoms with van der Waals surface area (Å²) in [6.07, 6.45) is 1.34. The van der Waals surface area contributed by atoms with Gasteiger partial charge in [-0.2, -0.15) is 0 Å². The van der Waals surface area contributed by atoms with Crippen molar-refractivity contribution in [2.24, 2.45) is 0 Å². The topological polar surface area (TPSA) is 89.9 Å². The molecule has 3 N–H and O–H groups in total. The Bertz CT molecular complexity index is 543. The number of benzene rings is 1. The lowest BCUT2D eigenvalue weighted by atomic mass is 9.76. The lowest BCUT2D eigenvalue weighted by Crippen LogP contribution is -2.52. The largest absolute Gasteiger partial charge is 0.480 e. The molecule has 1 aliphatic rings. The fraction of sp³-hybridized carbons (Fsp3) is 0.467. The molecule has 1 unspecified atom stereocenters. The van der Waals surface area contributed by atoms with Gasteiger partial charge in [0, 0.05) is 0 Å². The molecule has 1 fully saturated rings. The third-order valence-electron chi connectivity index (χ3n) is 4.01. The average Bonchev–Trinajstić information content (AvgIpc) is 2.44. The number of hydrogen-bond donors (Lipinski definition) is 3. The van der Waals surface area contributed by atoms with Gasteiger partial charge in [0.25, 0.3) is 0 Å². The second kappa shape index (κ2) is 6.74. The van der Waals surface area contributed by atoms with Crippen LogP contribution in [-0.2, 0) is 4.79 Å². The molecule has 0 aliphatic heterocycles. The normalized spacial score (nSPS) is 21.6. The van der Waals surface area contributed by atoms with E-state index in [0.29, 0.717) is 17.9 Å². The van der Waals surface area contributed by atoms with Crippen molar-refractivity contribution in [3.05, 3.63) is 35.6 Å². The minimum atomic E-state index is -1.14. The van der Waals surface area contributed by atoms with Crippen molar-refractivity contribution in [2.45, 2.75) is 44.2 Å². The maximum atomic E-state index is 12.9. The predicted octanol–water partition coefficient (Wildman–Crippen LogP) is 2.34. The fourth-order valence-corrected chi connectivity index (χ4v) is 2.51. The van der Waals surface area contributed by atoms with Gasteiger partial charge in [0.05, 0.1) is 6.04 Å². The molecular weight excluding hydrogens is 291 g/mol. The molecule has 1 saturated carbocycles. The molecule has 0 radical (unpaired) electrons. The van der Waals surface area contributed by atoms with Gasteiger partial charge in [0.2, 0.25) is 0 Å². The first-order valence-electron chi connectivity index (χ1n) is 7.19. The Hall–Kier alpha value is -2.15. The molecule has 0 aromatic heterocycles. The summed E-state index contributed by atoms with van der Waals surface area (Å²) in [4.78, 5) is 22.7. The van der Waals surface area contributed by atoms with Crippen LogP contribution in [-0.4, -0.2) is 39.5 Å². The van der Waals surface area contributed by atoms with E-state index in [1.165, 1.54) is 12.1 Å². The van der Waals surface area contributed by atoms with Crippen molar-refractivity contribution >= 4 is 12.0 Å². The van der Waals surface area contributed by atoms with Crippen molar-refractivity contribution in [3.8, 4) is 0 Å². The minimum Gasteiger partial charge on any atom is -0.480 e. The van der Waals surface area contributed by atoms with E-state index in [1.807, 2.05) is 0 Å². The molecule has 22 heavy (non-hydrogen) atoms. The lowest BCUT2D eigenvalue weighted by molar-refractivity contribution is -0.140. The molecular formula is C15H19FN2O4. The third-order valence-corrected chi connectivity index (χ3v) is 4.01. The van der Waals surface area contributed by atoms with Gasteiger partial charge in [-0.05, 0) is 42.9 Å². The zero-order valence-electron chi connectivity index (χ0n) is 12.2. The van der Waals surface area contributed by atoms with Gasteiger partial charge in [-0.1, -0.05) is 19.1 Å². The van der Waals surface area contributed by atoms with E-state index in [2.05, 4.69) is 5.32 Å². The summed E-state index contributed by atoms with van der Waals surface area (Å²) in [5, 5.41) is 21.5. The van der Waals surface area contributed by atoms with Gasteiger partial charge in [0.15, 0.2) is 0 Å². The second-order valence-corrected chi connectivity index (χ2v) is 5.47. The molecule has 0 spiro atoms. The molecule has 7 heteroatoms. The van der Waals surface area contributed by atoms with Gasteiger partial charge < -0.3 is 10.4 Å². The quantitative estimate of drug-likeness (QED) is 0.575. The molecule has 1 aliphatic carbocycles. The third kappa shape index (κ3) is 3.54. The lowest BCUT2D eigenvalue weighted by Gasteiger charge is -2.39. The molecule has 1 aromatic rings. The summed E-state index contributed by atoms with van der Waals surface area (Å²) in [7, 11) is 0. The summed E-state index contributed by atoms with van der Waals surface area (Å²) < 4.78 is 12.9. The van der Waals surface area contributed by atoms with Gasteiger partial charge in [0.1, 0.15) is 11.9 Å². The van der Waals surface area contributed by atoms with Crippen LogP contribution in [0.1, 0.15) is 37.7 Å². The Morgan fingerprint density at radius 1 is 1.36 bits per heavy atom. The first kappa shape index (κ1) is 16.2. The number of hydroxylamine groups is 2. The molecule has 2 rings (SSSR count). The highest BCUT2D eigenvalue weighted by Crippen LogP contribution is 2.39. The zero-order valence-corrected chi connectivity index (χ0v) is 12.2. The molecule has 0 saturated heterocycles. The van der Waals surface area contributed by atoms with Crippen LogP contribution in [0.3, 0.4) is 0 Å². The maximum absolute atomic E-state index is 12.9. The van der Waals surface area contributed by atoms with Crippen LogP contribution >= 0.6 is 0 Å². The Kier molecular flexibility index (Phi) is 4.97. The number of carboxylic acids is 1. The van der Waals surface area contributed by atoms with Crippen molar-refractivity contribution in [1.29, 1.82) is 0 Å². The van der Waals surface area contributed by atoms with Crippen LogP contribution in [0, 0.1) is 5.82 Å². The van der Waals surface area contributed by atoms with E-state index in [0.717, 1.165) is 5.56 Å². The molecule has 120 valence electrons. The van der Waals surface area contributed by atoms with Crippen LogP contribution in [0.4, 0.5) is 9.18 Å². The monoisotopic (exact) mass is 310 g/mol. The number of nitrogens with zero attached hydrogens (tertiary/aromatic N) is 1. The maximum Gasteiger partial charge on any atom is 0.342 e. The van der Waals surface area contributed by atoms with Crippen LogP contribution < -0.4 is 5.32 Å². The summed E-state index contributed by atoms with van der Waals surface area (Å²) in [5.41, 5.74) is 0.962. The summed E-state index contributed by atoms with van der Waals surface area (Å²) in [6.45, 7) is 1.63. The van der Waals surface area contributed by atoms with Crippen molar-refractivity contribution in [1.82, 2.24) is 10.4 Å². The van der Waals surface area contributed by atoms with Crippen molar-refractivity contribution in [3.63, 3.8) is 0 Å². The number of halogens is 1.